The third-order valence-electron chi connectivity index (χ3n) is 1.20. The van der Waals surface area contributed by atoms with Crippen molar-refractivity contribution in [3.8, 4) is 0 Å². The van der Waals surface area contributed by atoms with E-state index in [2.05, 4.69) is 20.7 Å². The zero-order valence-electron chi connectivity index (χ0n) is 7.24. The number of hydrogen-bond donors (Lipinski definition) is 1. The van der Waals surface area contributed by atoms with Gasteiger partial charge in [-0.2, -0.15) is 0 Å². The molecule has 0 radical (unpaired) electrons. The molecule has 1 aromatic rings. The van der Waals surface area contributed by atoms with Gasteiger partial charge in [0.1, 0.15) is 4.21 Å². The molecule has 3 nitrogen and oxygen atoms in total. The normalized spacial score (nSPS) is 12.3. The predicted octanol–water partition coefficient (Wildman–Crippen LogP) is 2.20. The third kappa shape index (κ3) is 3.05. The van der Waals surface area contributed by atoms with Crippen molar-refractivity contribution in [3.05, 3.63) is 15.9 Å². The van der Waals surface area contributed by atoms with E-state index in [9.17, 15) is 8.42 Å². The van der Waals surface area contributed by atoms with E-state index in [1.165, 1.54) is 11.3 Å². The Hall–Kier alpha value is 0.0900. The van der Waals surface area contributed by atoms with E-state index in [4.69, 9.17) is 0 Å². The van der Waals surface area contributed by atoms with Crippen LogP contribution in [0.15, 0.2) is 20.1 Å². The molecule has 0 bridgehead atoms. The molecule has 6 heteroatoms. The molecule has 0 fully saturated rings. The zero-order valence-corrected chi connectivity index (χ0v) is 10.5. The number of nitrogens with one attached hydrogen (secondary N) is 1. The highest BCUT2D eigenvalue weighted by Crippen LogP contribution is 2.23. The molecule has 0 saturated heterocycles. The molecule has 0 unspecified atom stereocenters. The monoisotopic (exact) mass is 283 g/mol. The van der Waals surface area contributed by atoms with Crippen LogP contribution in [0, 0.1) is 0 Å². The molecule has 0 aliphatic carbocycles. The molecule has 1 aromatic heterocycles. The molecule has 0 aromatic carbocycles. The van der Waals surface area contributed by atoms with Crippen molar-refractivity contribution < 1.29 is 8.42 Å². The van der Waals surface area contributed by atoms with E-state index in [1.54, 1.807) is 25.3 Å². The second-order valence-corrected chi connectivity index (χ2v) is 6.63. The number of thiophene rings is 1. The maximum Gasteiger partial charge on any atom is 0.250 e. The van der Waals surface area contributed by atoms with Crippen LogP contribution in [0.3, 0.4) is 0 Å². The molecule has 1 heterocycles. The SMILES string of the molecule is CC(C)NS(=O)(=O)c1cc(Br)cs1. The first-order valence-electron chi connectivity index (χ1n) is 3.68. The van der Waals surface area contributed by atoms with Crippen LogP contribution in [0.5, 0.6) is 0 Å². The Balaban J connectivity index is 2.95. The summed E-state index contributed by atoms with van der Waals surface area (Å²) in [5.74, 6) is 0. The Morgan fingerprint density at radius 2 is 2.15 bits per heavy atom. The number of halogens is 1. The average Bonchev–Trinajstić information content (AvgIpc) is 2.32. The summed E-state index contributed by atoms with van der Waals surface area (Å²) in [6.45, 7) is 3.58. The molecule has 1 rings (SSSR count). The molecule has 13 heavy (non-hydrogen) atoms. The Kier molecular flexibility index (Phi) is 3.50. The van der Waals surface area contributed by atoms with E-state index in [1.807, 2.05) is 0 Å². The minimum Gasteiger partial charge on any atom is -0.208 e. The summed E-state index contributed by atoms with van der Waals surface area (Å²) >= 11 is 4.41. The van der Waals surface area contributed by atoms with Crippen molar-refractivity contribution in [1.29, 1.82) is 0 Å². The van der Waals surface area contributed by atoms with Crippen LogP contribution in [0.2, 0.25) is 0 Å². The van der Waals surface area contributed by atoms with Gasteiger partial charge in [-0.05, 0) is 35.8 Å². The Labute approximate surface area is 90.3 Å². The summed E-state index contributed by atoms with van der Waals surface area (Å²) in [7, 11) is -3.30. The van der Waals surface area contributed by atoms with Gasteiger partial charge in [-0.1, -0.05) is 0 Å². The smallest absolute Gasteiger partial charge is 0.208 e. The predicted molar refractivity (Wildman–Crippen MR) is 57.5 cm³/mol. The lowest BCUT2D eigenvalue weighted by Gasteiger charge is -2.06. The Bertz CT molecular complexity index is 383. The molecular weight excluding hydrogens is 274 g/mol. The van der Waals surface area contributed by atoms with E-state index < -0.39 is 10.0 Å². The van der Waals surface area contributed by atoms with Crippen molar-refractivity contribution in [2.24, 2.45) is 0 Å². The van der Waals surface area contributed by atoms with Gasteiger partial charge < -0.3 is 0 Å². The fourth-order valence-electron chi connectivity index (χ4n) is 0.804. The molecule has 74 valence electrons. The fourth-order valence-corrected chi connectivity index (χ4v) is 3.92. The molecule has 0 spiro atoms. The van der Waals surface area contributed by atoms with Crippen molar-refractivity contribution in [3.63, 3.8) is 0 Å². The summed E-state index contributed by atoms with van der Waals surface area (Å²) in [6, 6.07) is 1.51. The molecule has 1 N–H and O–H groups in total. The van der Waals surface area contributed by atoms with Gasteiger partial charge in [0.05, 0.1) is 0 Å². The van der Waals surface area contributed by atoms with Crippen LogP contribution in [0.25, 0.3) is 0 Å². The van der Waals surface area contributed by atoms with Gasteiger partial charge in [0, 0.05) is 15.9 Å². The summed E-state index contributed by atoms with van der Waals surface area (Å²) in [5, 5.41) is 1.74. The maximum atomic E-state index is 11.5. The summed E-state index contributed by atoms with van der Waals surface area (Å²) < 4.78 is 26.7. The van der Waals surface area contributed by atoms with Crippen LogP contribution < -0.4 is 4.72 Å². The topological polar surface area (TPSA) is 46.2 Å². The molecular formula is C7H10BrNO2S2. The minimum absolute atomic E-state index is 0.0779. The lowest BCUT2D eigenvalue weighted by molar-refractivity contribution is 0.572. The summed E-state index contributed by atoms with van der Waals surface area (Å²) in [5.41, 5.74) is 0. The van der Waals surface area contributed by atoms with Gasteiger partial charge in [-0.3, -0.25) is 0 Å². The number of hydrogen-bond acceptors (Lipinski definition) is 3. The van der Waals surface area contributed by atoms with E-state index in [-0.39, 0.29) is 6.04 Å². The first-order chi connectivity index (χ1) is 5.92. The lowest BCUT2D eigenvalue weighted by Crippen LogP contribution is -2.29. The quantitative estimate of drug-likeness (QED) is 0.925. The summed E-state index contributed by atoms with van der Waals surface area (Å²) in [6.07, 6.45) is 0. The van der Waals surface area contributed by atoms with Crippen LogP contribution in [-0.4, -0.2) is 14.5 Å². The molecule has 0 atom stereocenters. The third-order valence-corrected chi connectivity index (χ3v) is 5.06. The molecule has 0 aliphatic rings. The van der Waals surface area contributed by atoms with Crippen molar-refractivity contribution in [2.45, 2.75) is 24.1 Å². The maximum absolute atomic E-state index is 11.5. The van der Waals surface area contributed by atoms with Crippen molar-refractivity contribution in [1.82, 2.24) is 4.72 Å². The highest BCUT2D eigenvalue weighted by Gasteiger charge is 2.16. The fraction of sp³-hybridized carbons (Fsp3) is 0.429. The van der Waals surface area contributed by atoms with E-state index >= 15 is 0 Å². The van der Waals surface area contributed by atoms with Gasteiger partial charge in [0.25, 0.3) is 0 Å². The second kappa shape index (κ2) is 4.08. The average molecular weight is 284 g/mol. The Morgan fingerprint density at radius 3 is 2.54 bits per heavy atom. The van der Waals surface area contributed by atoms with E-state index in [0.29, 0.717) is 4.21 Å². The van der Waals surface area contributed by atoms with Crippen LogP contribution in [-0.2, 0) is 10.0 Å². The van der Waals surface area contributed by atoms with Crippen LogP contribution in [0.1, 0.15) is 13.8 Å². The molecule has 0 aliphatic heterocycles. The van der Waals surface area contributed by atoms with Gasteiger partial charge in [-0.15, -0.1) is 11.3 Å². The second-order valence-electron chi connectivity index (χ2n) is 2.86. The van der Waals surface area contributed by atoms with E-state index in [0.717, 1.165) is 4.47 Å². The first-order valence-corrected chi connectivity index (χ1v) is 6.84. The Morgan fingerprint density at radius 1 is 1.54 bits per heavy atom. The van der Waals surface area contributed by atoms with Crippen molar-refractivity contribution >= 4 is 37.3 Å². The first kappa shape index (κ1) is 11.2. The highest BCUT2D eigenvalue weighted by molar-refractivity contribution is 9.10. The summed E-state index contributed by atoms with van der Waals surface area (Å²) in [4.78, 5) is 0. The standard InChI is InChI=1S/C7H10BrNO2S2/c1-5(2)9-13(10,11)7-3-6(8)4-12-7/h3-5,9H,1-2H3. The van der Waals surface area contributed by atoms with Gasteiger partial charge in [0.15, 0.2) is 0 Å². The van der Waals surface area contributed by atoms with Gasteiger partial charge >= 0.3 is 0 Å². The molecule has 0 amide bonds. The van der Waals surface area contributed by atoms with Gasteiger partial charge in [0.2, 0.25) is 10.0 Å². The van der Waals surface area contributed by atoms with Crippen LogP contribution >= 0.6 is 27.3 Å². The largest absolute Gasteiger partial charge is 0.250 e. The zero-order chi connectivity index (χ0) is 10.1. The van der Waals surface area contributed by atoms with Crippen molar-refractivity contribution in [2.75, 3.05) is 0 Å². The van der Waals surface area contributed by atoms with Crippen LogP contribution in [0.4, 0.5) is 0 Å². The lowest BCUT2D eigenvalue weighted by atomic mass is 10.4. The highest BCUT2D eigenvalue weighted by atomic mass is 79.9. The number of rotatable bonds is 3. The van der Waals surface area contributed by atoms with Gasteiger partial charge in [-0.25, -0.2) is 13.1 Å². The molecule has 0 saturated carbocycles. The minimum atomic E-state index is -3.30. The number of sulfonamides is 1.